The van der Waals surface area contributed by atoms with E-state index < -0.39 is 30.6 Å². The van der Waals surface area contributed by atoms with Crippen molar-refractivity contribution < 1.29 is 40.9 Å². The summed E-state index contributed by atoms with van der Waals surface area (Å²) < 4.78 is 88.5. The summed E-state index contributed by atoms with van der Waals surface area (Å²) in [5, 5.41) is 9.94. The highest BCUT2D eigenvalue weighted by Crippen LogP contribution is 2.48. The number of pyridine rings is 1. The molecule has 40 heavy (non-hydrogen) atoms. The molecular weight excluding hydrogens is 540 g/mol. The fourth-order valence-corrected chi connectivity index (χ4v) is 5.51. The maximum atomic E-state index is 13.4. The van der Waals surface area contributed by atoms with Gasteiger partial charge in [-0.2, -0.15) is 13.2 Å². The number of hydrogen-bond donors (Lipinski definition) is 1. The van der Waals surface area contributed by atoms with Crippen LogP contribution in [0.25, 0.3) is 0 Å². The van der Waals surface area contributed by atoms with Crippen molar-refractivity contribution in [3.05, 3.63) is 83.6 Å². The Hall–Kier alpha value is -3.51. The molecule has 214 valence electrons. The Labute approximate surface area is 226 Å². The van der Waals surface area contributed by atoms with Crippen molar-refractivity contribution in [3.63, 3.8) is 0 Å². The van der Waals surface area contributed by atoms with Crippen molar-refractivity contribution in [2.75, 3.05) is 49.2 Å². The van der Waals surface area contributed by atoms with Gasteiger partial charge in [-0.3, -0.25) is 0 Å². The van der Waals surface area contributed by atoms with Gasteiger partial charge in [0.15, 0.2) is 6.10 Å². The number of rotatable bonds is 7. The smallest absolute Gasteiger partial charge is 0.406 e. The summed E-state index contributed by atoms with van der Waals surface area (Å²) in [7, 11) is 0. The first-order valence-electron chi connectivity index (χ1n) is 12.7. The summed E-state index contributed by atoms with van der Waals surface area (Å²) in [5.74, 6) is 0.278. The maximum Gasteiger partial charge on any atom is 0.573 e. The van der Waals surface area contributed by atoms with E-state index in [1.165, 1.54) is 23.1 Å². The van der Waals surface area contributed by atoms with Gasteiger partial charge in [0.1, 0.15) is 11.6 Å². The minimum atomic E-state index is -4.88. The van der Waals surface area contributed by atoms with Crippen molar-refractivity contribution in [1.82, 2.24) is 4.98 Å². The number of anilines is 2. The standard InChI is InChI=1S/C28H27F6N3O3/c29-27(30,31)24(38)17-37-18-26(22-6-1-2-7-23(22)37,16-19-4-3-5-21(14-19)40-28(32,33)34)20-8-9-35-25(15-20)36-10-12-39-13-11-36/h1-9,14-15,24,38H,10-13,16-18H2/t24-,26?/m1/s1. The van der Waals surface area contributed by atoms with Crippen LogP contribution in [0.1, 0.15) is 16.7 Å². The van der Waals surface area contributed by atoms with E-state index in [1.807, 2.05) is 11.0 Å². The Morgan fingerprint density at radius 1 is 0.975 bits per heavy atom. The van der Waals surface area contributed by atoms with Crippen LogP contribution in [0, 0.1) is 0 Å². The third-order valence-electron chi connectivity index (χ3n) is 7.26. The van der Waals surface area contributed by atoms with E-state index in [2.05, 4.69) is 9.72 Å². The Balaban J connectivity index is 1.60. The van der Waals surface area contributed by atoms with E-state index in [1.54, 1.807) is 42.6 Å². The van der Waals surface area contributed by atoms with Crippen LogP contribution in [-0.2, 0) is 16.6 Å². The number of hydrogen-bond acceptors (Lipinski definition) is 6. The fraction of sp³-hybridized carbons (Fsp3) is 0.393. The molecule has 1 unspecified atom stereocenters. The lowest BCUT2D eigenvalue weighted by molar-refractivity contribution is -0.274. The summed E-state index contributed by atoms with van der Waals surface area (Å²) in [6.07, 6.45) is -10.5. The number of fused-ring (bicyclic) bond motifs is 1. The van der Waals surface area contributed by atoms with Crippen molar-refractivity contribution in [2.45, 2.75) is 30.5 Å². The van der Waals surface area contributed by atoms with Crippen molar-refractivity contribution in [2.24, 2.45) is 0 Å². The summed E-state index contributed by atoms with van der Waals surface area (Å²) in [4.78, 5) is 8.04. The van der Waals surface area contributed by atoms with E-state index in [9.17, 15) is 31.4 Å². The van der Waals surface area contributed by atoms with Crippen LogP contribution in [0.3, 0.4) is 0 Å². The molecule has 5 rings (SSSR count). The van der Waals surface area contributed by atoms with Gasteiger partial charge in [0.05, 0.1) is 19.8 Å². The first-order chi connectivity index (χ1) is 18.9. The number of nitrogens with zero attached hydrogens (tertiary/aromatic N) is 3. The van der Waals surface area contributed by atoms with Crippen LogP contribution in [-0.4, -0.2) is 68.1 Å². The predicted octanol–water partition coefficient (Wildman–Crippen LogP) is 5.09. The maximum absolute atomic E-state index is 13.4. The lowest BCUT2D eigenvalue weighted by atomic mass is 9.72. The van der Waals surface area contributed by atoms with Gasteiger partial charge in [0.25, 0.3) is 0 Å². The molecule has 0 bridgehead atoms. The molecule has 1 fully saturated rings. The van der Waals surface area contributed by atoms with E-state index in [4.69, 9.17) is 4.74 Å². The molecule has 0 spiro atoms. The van der Waals surface area contributed by atoms with Crippen molar-refractivity contribution in [1.29, 1.82) is 0 Å². The second-order valence-electron chi connectivity index (χ2n) is 9.91. The number of benzene rings is 2. The topological polar surface area (TPSA) is 58.1 Å². The highest BCUT2D eigenvalue weighted by atomic mass is 19.4. The lowest BCUT2D eigenvalue weighted by Crippen LogP contribution is -2.44. The molecule has 2 atom stereocenters. The zero-order valence-electron chi connectivity index (χ0n) is 21.3. The second kappa shape index (κ2) is 10.8. The van der Waals surface area contributed by atoms with Crippen LogP contribution in [0.5, 0.6) is 5.75 Å². The van der Waals surface area contributed by atoms with Crippen LogP contribution in [0.2, 0.25) is 0 Å². The SMILES string of the molecule is O[C@H](CN1CC(Cc2cccc(OC(F)(F)F)c2)(c2ccnc(N3CCOCC3)c2)c2ccccc21)C(F)(F)F. The van der Waals surface area contributed by atoms with Crippen molar-refractivity contribution >= 4 is 11.5 Å². The normalized spacial score (nSPS) is 20.4. The largest absolute Gasteiger partial charge is 0.573 e. The third kappa shape index (κ3) is 5.97. The van der Waals surface area contributed by atoms with E-state index in [0.29, 0.717) is 48.9 Å². The molecule has 1 N–H and O–H groups in total. The number of para-hydroxylation sites is 1. The number of morpholine rings is 1. The summed E-state index contributed by atoms with van der Waals surface area (Å²) >= 11 is 0. The lowest BCUT2D eigenvalue weighted by Gasteiger charge is -2.34. The molecule has 3 aromatic rings. The summed E-state index contributed by atoms with van der Waals surface area (Å²) in [6, 6.07) is 16.2. The summed E-state index contributed by atoms with van der Waals surface area (Å²) in [5.41, 5.74) is 1.48. The summed E-state index contributed by atoms with van der Waals surface area (Å²) in [6.45, 7) is 1.63. The molecule has 2 aromatic carbocycles. The quantitative estimate of drug-likeness (QED) is 0.402. The molecule has 0 radical (unpaired) electrons. The zero-order chi connectivity index (χ0) is 28.5. The molecule has 0 amide bonds. The Morgan fingerprint density at radius 3 is 2.45 bits per heavy atom. The number of aliphatic hydroxyl groups is 1. The first-order valence-corrected chi connectivity index (χ1v) is 12.7. The number of ether oxygens (including phenoxy) is 2. The highest BCUT2D eigenvalue weighted by Gasteiger charge is 2.47. The fourth-order valence-electron chi connectivity index (χ4n) is 5.51. The van der Waals surface area contributed by atoms with Gasteiger partial charge >= 0.3 is 12.5 Å². The van der Waals surface area contributed by atoms with Gasteiger partial charge in [-0.05, 0) is 53.4 Å². The molecule has 1 saturated heterocycles. The van der Waals surface area contributed by atoms with E-state index in [0.717, 1.165) is 5.56 Å². The number of aliphatic hydroxyl groups excluding tert-OH is 1. The van der Waals surface area contributed by atoms with Crippen LogP contribution in [0.4, 0.5) is 37.8 Å². The highest BCUT2D eigenvalue weighted by molar-refractivity contribution is 5.67. The first kappa shape index (κ1) is 28.0. The number of aromatic nitrogens is 1. The average Bonchev–Trinajstić information content (AvgIpc) is 3.22. The van der Waals surface area contributed by atoms with Crippen molar-refractivity contribution in [3.8, 4) is 5.75 Å². The Kier molecular flexibility index (Phi) is 7.58. The van der Waals surface area contributed by atoms with Crippen LogP contribution < -0.4 is 14.5 Å². The second-order valence-corrected chi connectivity index (χ2v) is 9.91. The monoisotopic (exact) mass is 567 g/mol. The number of halogens is 6. The average molecular weight is 568 g/mol. The predicted molar refractivity (Wildman–Crippen MR) is 136 cm³/mol. The van der Waals surface area contributed by atoms with Gasteiger partial charge in [-0.15, -0.1) is 13.2 Å². The van der Waals surface area contributed by atoms with Gasteiger partial charge in [0.2, 0.25) is 0 Å². The van der Waals surface area contributed by atoms with Crippen LogP contribution in [0.15, 0.2) is 66.9 Å². The van der Waals surface area contributed by atoms with Gasteiger partial charge in [-0.25, -0.2) is 4.98 Å². The Morgan fingerprint density at radius 2 is 1.73 bits per heavy atom. The molecule has 0 saturated carbocycles. The van der Waals surface area contributed by atoms with Gasteiger partial charge in [-0.1, -0.05) is 30.3 Å². The molecular formula is C28H27F6N3O3. The van der Waals surface area contributed by atoms with Gasteiger partial charge in [0, 0.05) is 36.9 Å². The molecule has 6 nitrogen and oxygen atoms in total. The van der Waals surface area contributed by atoms with Gasteiger partial charge < -0.3 is 24.4 Å². The zero-order valence-corrected chi connectivity index (χ0v) is 21.3. The third-order valence-corrected chi connectivity index (χ3v) is 7.26. The molecule has 0 aliphatic carbocycles. The van der Waals surface area contributed by atoms with Crippen LogP contribution >= 0.6 is 0 Å². The van der Waals surface area contributed by atoms with E-state index in [-0.39, 0.29) is 18.7 Å². The molecule has 3 heterocycles. The minimum Gasteiger partial charge on any atom is -0.406 e. The number of β-amino-alcohol motifs (C(OH)–C–C–N with tert-alkyl or cyclic N) is 1. The minimum absolute atomic E-state index is 0.0520. The number of alkyl halides is 6. The molecule has 12 heteroatoms. The Bertz CT molecular complexity index is 1330. The molecule has 2 aliphatic heterocycles. The molecule has 1 aromatic heterocycles. The van der Waals surface area contributed by atoms with E-state index >= 15 is 0 Å². The molecule has 2 aliphatic rings.